The largest absolute Gasteiger partial charge is 0.444 e. The number of ether oxygens (including phenoxy) is 1. The van der Waals surface area contributed by atoms with Gasteiger partial charge in [-0.05, 0) is 44.9 Å². The Bertz CT molecular complexity index is 596. The summed E-state index contributed by atoms with van der Waals surface area (Å²) in [5.41, 5.74) is 5.29. The van der Waals surface area contributed by atoms with Gasteiger partial charge in [-0.2, -0.15) is 0 Å². The lowest BCUT2D eigenvalue weighted by atomic mass is 9.93. The van der Waals surface area contributed by atoms with Gasteiger partial charge in [0.05, 0.1) is 5.41 Å². The number of rotatable bonds is 3. The minimum Gasteiger partial charge on any atom is -0.444 e. The van der Waals surface area contributed by atoms with Crippen molar-refractivity contribution in [3.63, 3.8) is 0 Å². The third-order valence-corrected chi connectivity index (χ3v) is 3.87. The van der Waals surface area contributed by atoms with Crippen molar-refractivity contribution in [2.24, 2.45) is 5.73 Å². The molecular formula is C16H22F2N2O2. The van der Waals surface area contributed by atoms with Gasteiger partial charge in [-0.25, -0.2) is 13.6 Å². The molecular weight excluding hydrogens is 290 g/mol. The number of amides is 1. The molecule has 6 heteroatoms. The summed E-state index contributed by atoms with van der Waals surface area (Å²) in [6, 6.07) is 4.91. The molecule has 0 radical (unpaired) electrons. The second-order valence-corrected chi connectivity index (χ2v) is 6.82. The quantitative estimate of drug-likeness (QED) is 0.896. The Morgan fingerprint density at radius 1 is 1.41 bits per heavy atom. The molecule has 0 saturated heterocycles. The van der Waals surface area contributed by atoms with E-state index in [0.717, 1.165) is 5.56 Å². The fourth-order valence-electron chi connectivity index (χ4n) is 2.46. The van der Waals surface area contributed by atoms with Crippen LogP contribution in [0.3, 0.4) is 0 Å². The SMILES string of the molecule is Cc1ccc(C2(CN)CC2(F)F)cc1NC(=O)OC(C)(C)C. The van der Waals surface area contributed by atoms with Crippen molar-refractivity contribution in [2.75, 3.05) is 11.9 Å². The van der Waals surface area contributed by atoms with Crippen molar-refractivity contribution in [1.82, 2.24) is 0 Å². The van der Waals surface area contributed by atoms with Crippen LogP contribution in [0.2, 0.25) is 0 Å². The van der Waals surface area contributed by atoms with Crippen molar-refractivity contribution in [3.05, 3.63) is 29.3 Å². The molecule has 4 nitrogen and oxygen atoms in total. The minimum atomic E-state index is -2.79. The topological polar surface area (TPSA) is 64.3 Å². The Morgan fingerprint density at radius 3 is 2.45 bits per heavy atom. The molecule has 1 aliphatic rings. The molecule has 1 amide bonds. The van der Waals surface area contributed by atoms with E-state index in [-0.39, 0.29) is 13.0 Å². The number of nitrogens with two attached hydrogens (primary N) is 1. The summed E-state index contributed by atoms with van der Waals surface area (Å²) in [7, 11) is 0. The summed E-state index contributed by atoms with van der Waals surface area (Å²) in [6.07, 6.45) is -0.872. The van der Waals surface area contributed by atoms with Gasteiger partial charge in [-0.3, -0.25) is 5.32 Å². The normalized spacial score (nSPS) is 23.0. The maximum atomic E-state index is 13.7. The van der Waals surface area contributed by atoms with Crippen molar-refractivity contribution in [2.45, 2.75) is 51.1 Å². The number of hydrogen-bond donors (Lipinski definition) is 2. The van der Waals surface area contributed by atoms with E-state index in [1.807, 2.05) is 0 Å². The molecule has 1 aromatic rings. The van der Waals surface area contributed by atoms with Gasteiger partial charge in [0.2, 0.25) is 0 Å². The van der Waals surface area contributed by atoms with Crippen molar-refractivity contribution >= 4 is 11.8 Å². The lowest BCUT2D eigenvalue weighted by Gasteiger charge is -2.21. The monoisotopic (exact) mass is 312 g/mol. The predicted molar refractivity (Wildman–Crippen MR) is 81.3 cm³/mol. The maximum absolute atomic E-state index is 13.7. The summed E-state index contributed by atoms with van der Waals surface area (Å²) in [4.78, 5) is 11.8. The molecule has 1 unspecified atom stereocenters. The Balaban J connectivity index is 2.24. The van der Waals surface area contributed by atoms with Crippen LogP contribution in [0.5, 0.6) is 0 Å². The molecule has 0 spiro atoms. The van der Waals surface area contributed by atoms with Crippen LogP contribution >= 0.6 is 0 Å². The molecule has 1 saturated carbocycles. The van der Waals surface area contributed by atoms with Crippen LogP contribution in [0.4, 0.5) is 19.3 Å². The minimum absolute atomic E-state index is 0.130. The van der Waals surface area contributed by atoms with Crippen LogP contribution in [0.1, 0.15) is 38.3 Å². The average molecular weight is 312 g/mol. The predicted octanol–water partition coefficient (Wildman–Crippen LogP) is 3.58. The summed E-state index contributed by atoms with van der Waals surface area (Å²) < 4.78 is 32.5. The van der Waals surface area contributed by atoms with Gasteiger partial charge in [0.25, 0.3) is 5.92 Å². The highest BCUT2D eigenvalue weighted by Gasteiger charge is 2.71. The Kier molecular flexibility index (Phi) is 3.94. The van der Waals surface area contributed by atoms with Gasteiger partial charge in [-0.1, -0.05) is 12.1 Å². The second-order valence-electron chi connectivity index (χ2n) is 6.82. The molecule has 1 aromatic carbocycles. The van der Waals surface area contributed by atoms with Crippen LogP contribution in [0.15, 0.2) is 18.2 Å². The van der Waals surface area contributed by atoms with Gasteiger partial charge in [0.1, 0.15) is 5.60 Å². The summed E-state index contributed by atoms with van der Waals surface area (Å²) in [5, 5.41) is 2.61. The molecule has 1 atom stereocenters. The molecule has 0 bridgehead atoms. The first-order valence-electron chi connectivity index (χ1n) is 7.20. The zero-order valence-electron chi connectivity index (χ0n) is 13.3. The molecule has 1 aliphatic carbocycles. The number of halogens is 2. The van der Waals surface area contributed by atoms with E-state index in [4.69, 9.17) is 10.5 Å². The Hall–Kier alpha value is -1.69. The van der Waals surface area contributed by atoms with E-state index in [1.54, 1.807) is 45.9 Å². The molecule has 0 aromatic heterocycles. The number of alkyl halides is 2. The van der Waals surface area contributed by atoms with Gasteiger partial charge < -0.3 is 10.5 Å². The van der Waals surface area contributed by atoms with Crippen LogP contribution in [-0.2, 0) is 10.2 Å². The fourth-order valence-corrected chi connectivity index (χ4v) is 2.46. The summed E-state index contributed by atoms with van der Waals surface area (Å²) in [6.45, 7) is 6.92. The maximum Gasteiger partial charge on any atom is 0.412 e. The van der Waals surface area contributed by atoms with E-state index >= 15 is 0 Å². The number of carbonyl (C=O) groups excluding carboxylic acids is 1. The van der Waals surface area contributed by atoms with E-state index < -0.39 is 23.0 Å². The number of nitrogens with one attached hydrogen (secondary N) is 1. The van der Waals surface area contributed by atoms with Gasteiger partial charge in [0.15, 0.2) is 0 Å². The molecule has 2 rings (SSSR count). The third kappa shape index (κ3) is 3.06. The van der Waals surface area contributed by atoms with Crippen molar-refractivity contribution < 1.29 is 18.3 Å². The average Bonchev–Trinajstić information content (AvgIpc) is 2.93. The summed E-state index contributed by atoms with van der Waals surface area (Å²) >= 11 is 0. The van der Waals surface area contributed by atoms with Crippen molar-refractivity contribution in [1.29, 1.82) is 0 Å². The third-order valence-electron chi connectivity index (χ3n) is 3.87. The second kappa shape index (κ2) is 5.19. The Labute approximate surface area is 129 Å². The highest BCUT2D eigenvalue weighted by Crippen LogP contribution is 2.61. The smallest absolute Gasteiger partial charge is 0.412 e. The number of aryl methyl sites for hydroxylation is 1. The van der Waals surface area contributed by atoms with Crippen LogP contribution in [0, 0.1) is 6.92 Å². The zero-order chi connectivity index (χ0) is 16.8. The first-order valence-corrected chi connectivity index (χ1v) is 7.20. The molecule has 22 heavy (non-hydrogen) atoms. The van der Waals surface area contributed by atoms with E-state index in [2.05, 4.69) is 5.32 Å². The number of hydrogen-bond acceptors (Lipinski definition) is 3. The molecule has 0 heterocycles. The lowest BCUT2D eigenvalue weighted by molar-refractivity contribution is 0.0635. The van der Waals surface area contributed by atoms with Gasteiger partial charge >= 0.3 is 6.09 Å². The highest BCUT2D eigenvalue weighted by molar-refractivity contribution is 5.86. The van der Waals surface area contributed by atoms with Crippen LogP contribution < -0.4 is 11.1 Å². The standard InChI is InChI=1S/C16H22F2N2O2/c1-10-5-6-11(15(9-19)8-16(15,17)18)7-12(10)20-13(21)22-14(2,3)4/h5-7H,8-9,19H2,1-4H3,(H,20,21). The van der Waals surface area contributed by atoms with Crippen LogP contribution in [0.25, 0.3) is 0 Å². The number of benzene rings is 1. The Morgan fingerprint density at radius 2 is 2.00 bits per heavy atom. The first-order chi connectivity index (χ1) is 10.0. The van der Waals surface area contributed by atoms with Gasteiger partial charge in [-0.15, -0.1) is 0 Å². The first kappa shape index (κ1) is 16.7. The van der Waals surface area contributed by atoms with E-state index in [0.29, 0.717) is 11.3 Å². The fraction of sp³-hybridized carbons (Fsp3) is 0.562. The summed E-state index contributed by atoms with van der Waals surface area (Å²) in [5.74, 6) is -2.79. The molecule has 3 N–H and O–H groups in total. The van der Waals surface area contributed by atoms with Crippen molar-refractivity contribution in [3.8, 4) is 0 Å². The molecule has 1 fully saturated rings. The van der Waals surface area contributed by atoms with Gasteiger partial charge in [0, 0.05) is 18.7 Å². The van der Waals surface area contributed by atoms with Crippen LogP contribution in [-0.4, -0.2) is 24.2 Å². The lowest BCUT2D eigenvalue weighted by Crippen LogP contribution is -2.28. The molecule has 122 valence electrons. The van der Waals surface area contributed by atoms with E-state index in [1.165, 1.54) is 0 Å². The molecule has 0 aliphatic heterocycles. The number of anilines is 1. The zero-order valence-corrected chi connectivity index (χ0v) is 13.3. The van der Waals surface area contributed by atoms with E-state index in [9.17, 15) is 13.6 Å². The highest BCUT2D eigenvalue weighted by atomic mass is 19.3. The number of carbonyl (C=O) groups is 1.